The Balaban J connectivity index is 1.95. The summed E-state index contributed by atoms with van der Waals surface area (Å²) in [5.74, 6) is -2.83. The maximum Gasteiger partial charge on any atom is 0.478 e. The van der Waals surface area contributed by atoms with Crippen molar-refractivity contribution in [3.63, 3.8) is 0 Å². The number of hydrogen-bond donors (Lipinski definition) is 2. The maximum absolute atomic E-state index is 14.3. The molecule has 7 nitrogen and oxygen atoms in total. The lowest BCUT2D eigenvalue weighted by atomic mass is 10.1. The molecular formula is C22H19F5N4O3. The van der Waals surface area contributed by atoms with Gasteiger partial charge >= 0.3 is 6.18 Å². The number of carbonyl (C=O) groups is 1. The van der Waals surface area contributed by atoms with E-state index in [0.29, 0.717) is 18.3 Å². The van der Waals surface area contributed by atoms with Crippen molar-refractivity contribution in [2.75, 3.05) is 0 Å². The van der Waals surface area contributed by atoms with Gasteiger partial charge < -0.3 is 15.6 Å². The number of rotatable bonds is 5. The van der Waals surface area contributed by atoms with Crippen molar-refractivity contribution in [2.24, 2.45) is 0 Å². The number of benzene rings is 1. The Morgan fingerprint density at radius 1 is 1.12 bits per heavy atom. The van der Waals surface area contributed by atoms with Gasteiger partial charge in [-0.15, -0.1) is 0 Å². The quantitative estimate of drug-likeness (QED) is 0.327. The molecular weight excluding hydrogens is 463 g/mol. The standard InChI is InChI=1S/C22H19F5N4O3/c1-11(12-4-7-18(22(25,26)27)31(34)10-12)28-19(32)17-9-16(29-20(30-17)21(2,3)33)14-6-5-13(23)8-15(14)24/h4-11,33H,1-3H3,(H,28,32)/t11-/m1/s1. The first-order chi connectivity index (χ1) is 15.7. The number of amides is 1. The van der Waals surface area contributed by atoms with Crippen molar-refractivity contribution >= 4 is 5.91 Å². The van der Waals surface area contributed by atoms with Gasteiger partial charge in [-0.05, 0) is 45.0 Å². The monoisotopic (exact) mass is 482 g/mol. The molecule has 0 radical (unpaired) electrons. The van der Waals surface area contributed by atoms with Crippen LogP contribution in [0.2, 0.25) is 0 Å². The van der Waals surface area contributed by atoms with Gasteiger partial charge in [-0.1, -0.05) is 0 Å². The van der Waals surface area contributed by atoms with Crippen molar-refractivity contribution < 1.29 is 36.6 Å². The zero-order valence-corrected chi connectivity index (χ0v) is 18.1. The fourth-order valence-corrected chi connectivity index (χ4v) is 3.00. The number of aliphatic hydroxyl groups is 1. The van der Waals surface area contributed by atoms with E-state index in [2.05, 4.69) is 15.3 Å². The van der Waals surface area contributed by atoms with Gasteiger partial charge in [0.25, 0.3) is 11.6 Å². The Kier molecular flexibility index (Phi) is 6.56. The predicted octanol–water partition coefficient (Wildman–Crippen LogP) is 3.79. The van der Waals surface area contributed by atoms with Gasteiger partial charge in [-0.3, -0.25) is 4.79 Å². The van der Waals surface area contributed by atoms with Crippen LogP contribution in [-0.4, -0.2) is 21.0 Å². The van der Waals surface area contributed by atoms with E-state index in [1.165, 1.54) is 20.8 Å². The summed E-state index contributed by atoms with van der Waals surface area (Å²) in [6.07, 6.45) is -4.15. The molecule has 2 aromatic heterocycles. The topological polar surface area (TPSA) is 102 Å². The Bertz CT molecular complexity index is 1240. The molecule has 2 N–H and O–H groups in total. The summed E-state index contributed by atoms with van der Waals surface area (Å²) in [4.78, 5) is 20.9. The number of aromatic nitrogens is 3. The first-order valence-corrected chi connectivity index (χ1v) is 9.85. The van der Waals surface area contributed by atoms with E-state index in [-0.39, 0.29) is 33.1 Å². The number of halogens is 5. The van der Waals surface area contributed by atoms with Crippen molar-refractivity contribution in [3.8, 4) is 11.3 Å². The summed E-state index contributed by atoms with van der Waals surface area (Å²) in [7, 11) is 0. The molecule has 0 aliphatic rings. The molecule has 0 bridgehead atoms. The lowest BCUT2D eigenvalue weighted by Crippen LogP contribution is -2.38. The molecule has 180 valence electrons. The van der Waals surface area contributed by atoms with Crippen LogP contribution in [0.4, 0.5) is 22.0 Å². The van der Waals surface area contributed by atoms with Crippen LogP contribution >= 0.6 is 0 Å². The molecule has 0 unspecified atom stereocenters. The summed E-state index contributed by atoms with van der Waals surface area (Å²) >= 11 is 0. The number of hydrogen-bond acceptors (Lipinski definition) is 5. The molecule has 1 amide bonds. The van der Waals surface area contributed by atoms with Crippen LogP contribution in [0.1, 0.15) is 54.4 Å². The molecule has 0 saturated heterocycles. The molecule has 3 rings (SSSR count). The molecule has 0 aliphatic heterocycles. The van der Waals surface area contributed by atoms with E-state index in [0.717, 1.165) is 24.3 Å². The normalized spacial score (nSPS) is 13.0. The Hall–Kier alpha value is -3.67. The summed E-state index contributed by atoms with van der Waals surface area (Å²) in [5.41, 5.74) is -3.50. The molecule has 0 saturated carbocycles. The van der Waals surface area contributed by atoms with Crippen LogP contribution in [0.25, 0.3) is 11.3 Å². The second-order valence-corrected chi connectivity index (χ2v) is 8.01. The lowest BCUT2D eigenvalue weighted by molar-refractivity contribution is -0.629. The minimum Gasteiger partial charge on any atom is -0.618 e. The van der Waals surface area contributed by atoms with Gasteiger partial charge in [0, 0.05) is 23.3 Å². The van der Waals surface area contributed by atoms with Crippen molar-refractivity contribution in [3.05, 3.63) is 82.2 Å². The van der Waals surface area contributed by atoms with Crippen molar-refractivity contribution in [1.29, 1.82) is 0 Å². The fraction of sp³-hybridized carbons (Fsp3) is 0.273. The van der Waals surface area contributed by atoms with Gasteiger partial charge in [-0.2, -0.15) is 17.9 Å². The minimum atomic E-state index is -4.84. The van der Waals surface area contributed by atoms with E-state index >= 15 is 0 Å². The summed E-state index contributed by atoms with van der Waals surface area (Å²) in [6.45, 7) is 4.11. The number of carbonyl (C=O) groups excluding carboxylic acids is 1. The van der Waals surface area contributed by atoms with Crippen LogP contribution in [0.5, 0.6) is 0 Å². The van der Waals surface area contributed by atoms with Crippen LogP contribution < -0.4 is 10.0 Å². The smallest absolute Gasteiger partial charge is 0.478 e. The second-order valence-electron chi connectivity index (χ2n) is 8.01. The first kappa shape index (κ1) is 25.0. The van der Waals surface area contributed by atoms with E-state index in [9.17, 15) is 37.1 Å². The molecule has 12 heteroatoms. The maximum atomic E-state index is 14.3. The number of nitrogens with one attached hydrogen (secondary N) is 1. The van der Waals surface area contributed by atoms with Crippen LogP contribution in [0, 0.1) is 16.8 Å². The third-order valence-electron chi connectivity index (χ3n) is 4.79. The predicted molar refractivity (Wildman–Crippen MR) is 109 cm³/mol. The Morgan fingerprint density at radius 3 is 2.35 bits per heavy atom. The van der Waals surface area contributed by atoms with Crippen LogP contribution in [-0.2, 0) is 11.8 Å². The summed E-state index contributed by atoms with van der Waals surface area (Å²) in [6, 6.07) is 4.58. The molecule has 2 heterocycles. The highest BCUT2D eigenvalue weighted by molar-refractivity contribution is 5.93. The van der Waals surface area contributed by atoms with Crippen LogP contribution in [0.15, 0.2) is 42.6 Å². The SMILES string of the molecule is C[C@@H](NC(=O)c1cc(-c2ccc(F)cc2F)nc(C(C)(C)O)n1)c1ccc(C(F)(F)F)[n+]([O-])c1. The largest absolute Gasteiger partial charge is 0.618 e. The van der Waals surface area contributed by atoms with E-state index in [4.69, 9.17) is 0 Å². The number of nitrogens with zero attached hydrogens (tertiary/aromatic N) is 3. The number of pyridine rings is 1. The third-order valence-corrected chi connectivity index (χ3v) is 4.79. The van der Waals surface area contributed by atoms with Gasteiger partial charge in [0.15, 0.2) is 12.0 Å². The van der Waals surface area contributed by atoms with Crippen LogP contribution in [0.3, 0.4) is 0 Å². The lowest BCUT2D eigenvalue weighted by Gasteiger charge is -2.19. The highest BCUT2D eigenvalue weighted by Gasteiger charge is 2.39. The zero-order chi connectivity index (χ0) is 25.4. The molecule has 1 atom stereocenters. The Labute approximate surface area is 190 Å². The van der Waals surface area contributed by atoms with Gasteiger partial charge in [0.1, 0.15) is 22.9 Å². The summed E-state index contributed by atoms with van der Waals surface area (Å²) in [5, 5.41) is 24.5. The van der Waals surface area contributed by atoms with E-state index in [1.54, 1.807) is 0 Å². The van der Waals surface area contributed by atoms with E-state index < -0.39 is 41.1 Å². The average molecular weight is 482 g/mol. The van der Waals surface area contributed by atoms with Gasteiger partial charge in [-0.25, -0.2) is 18.7 Å². The molecule has 34 heavy (non-hydrogen) atoms. The molecule has 0 aliphatic carbocycles. The first-order valence-electron chi connectivity index (χ1n) is 9.85. The highest BCUT2D eigenvalue weighted by atomic mass is 19.4. The average Bonchev–Trinajstić information content (AvgIpc) is 2.71. The molecule has 1 aromatic carbocycles. The van der Waals surface area contributed by atoms with Gasteiger partial charge in [0.2, 0.25) is 0 Å². The molecule has 3 aromatic rings. The summed E-state index contributed by atoms with van der Waals surface area (Å²) < 4.78 is 65.7. The Morgan fingerprint density at radius 2 is 1.79 bits per heavy atom. The van der Waals surface area contributed by atoms with Crippen molar-refractivity contribution in [2.45, 2.75) is 38.6 Å². The minimum absolute atomic E-state index is 0.0814. The van der Waals surface area contributed by atoms with E-state index in [1.807, 2.05) is 0 Å². The third kappa shape index (κ3) is 5.45. The van der Waals surface area contributed by atoms with Gasteiger partial charge in [0.05, 0.1) is 11.7 Å². The fourth-order valence-electron chi connectivity index (χ4n) is 3.00. The highest BCUT2D eigenvalue weighted by Crippen LogP contribution is 2.28. The second kappa shape index (κ2) is 8.93. The molecule has 0 fully saturated rings. The zero-order valence-electron chi connectivity index (χ0n) is 18.1. The van der Waals surface area contributed by atoms with Crippen molar-refractivity contribution in [1.82, 2.24) is 15.3 Å². The molecule has 0 spiro atoms. The number of alkyl halides is 3.